The van der Waals surface area contributed by atoms with Gasteiger partial charge in [0.25, 0.3) is 5.91 Å². The van der Waals surface area contributed by atoms with Gasteiger partial charge in [0.05, 0.1) is 5.69 Å². The van der Waals surface area contributed by atoms with Gasteiger partial charge in [-0.15, -0.1) is 0 Å². The summed E-state index contributed by atoms with van der Waals surface area (Å²) < 4.78 is 13.5. The van der Waals surface area contributed by atoms with Crippen LogP contribution < -0.4 is 4.90 Å². The van der Waals surface area contributed by atoms with Crippen molar-refractivity contribution in [2.45, 2.75) is 0 Å². The van der Waals surface area contributed by atoms with E-state index in [1.54, 1.807) is 42.5 Å². The van der Waals surface area contributed by atoms with Gasteiger partial charge in [0, 0.05) is 10.6 Å². The van der Waals surface area contributed by atoms with Crippen molar-refractivity contribution in [2.24, 2.45) is 4.99 Å². The Balaban J connectivity index is 1.66. The first-order valence-corrected chi connectivity index (χ1v) is 10.1. The number of amides is 1. The molecule has 1 aliphatic rings. The Morgan fingerprint density at radius 2 is 1.55 bits per heavy atom. The van der Waals surface area contributed by atoms with Crippen LogP contribution in [0.15, 0.2) is 102 Å². The smallest absolute Gasteiger partial charge is 0.266 e. The molecule has 0 N–H and O–H groups in total. The topological polar surface area (TPSA) is 32.7 Å². The molecule has 4 aromatic carbocycles. The maximum Gasteiger partial charge on any atom is 0.282 e. The maximum atomic E-state index is 13.5. The van der Waals surface area contributed by atoms with Gasteiger partial charge in [-0.05, 0) is 70.9 Å². The first-order chi connectivity index (χ1) is 15.1. The van der Waals surface area contributed by atoms with Crippen LogP contribution >= 0.6 is 11.6 Å². The van der Waals surface area contributed by atoms with Crippen molar-refractivity contribution in [2.75, 3.05) is 4.90 Å². The summed E-state index contributed by atoms with van der Waals surface area (Å²) in [7, 11) is 0. The maximum absolute atomic E-state index is 13.5. The lowest BCUT2D eigenvalue weighted by Crippen LogP contribution is -2.32. The third-order valence-electron chi connectivity index (χ3n) is 5.16. The third kappa shape index (κ3) is 3.62. The van der Waals surface area contributed by atoms with Gasteiger partial charge in [-0.1, -0.05) is 54.1 Å². The van der Waals surface area contributed by atoms with E-state index in [0.29, 0.717) is 27.8 Å². The summed E-state index contributed by atoms with van der Waals surface area (Å²) in [5, 5.41) is 2.69. The Morgan fingerprint density at radius 3 is 2.32 bits per heavy atom. The van der Waals surface area contributed by atoms with Gasteiger partial charge in [-0.3, -0.25) is 9.69 Å². The van der Waals surface area contributed by atoms with E-state index in [1.807, 2.05) is 42.5 Å². The first kappa shape index (κ1) is 19.2. The van der Waals surface area contributed by atoms with Crippen LogP contribution in [0.4, 0.5) is 10.1 Å². The lowest BCUT2D eigenvalue weighted by molar-refractivity contribution is -0.113. The Morgan fingerprint density at radius 1 is 0.839 bits per heavy atom. The number of halogens is 2. The molecule has 0 bridgehead atoms. The molecule has 3 nitrogen and oxygen atoms in total. The molecule has 0 fully saturated rings. The molecule has 0 aromatic heterocycles. The van der Waals surface area contributed by atoms with Crippen molar-refractivity contribution in [1.82, 2.24) is 0 Å². The Labute approximate surface area is 183 Å². The van der Waals surface area contributed by atoms with Crippen molar-refractivity contribution < 1.29 is 9.18 Å². The van der Waals surface area contributed by atoms with E-state index >= 15 is 0 Å². The normalized spacial score (nSPS) is 15.0. The minimum Gasteiger partial charge on any atom is -0.266 e. The molecule has 1 aliphatic heterocycles. The van der Waals surface area contributed by atoms with E-state index in [9.17, 15) is 9.18 Å². The van der Waals surface area contributed by atoms with E-state index in [4.69, 9.17) is 11.6 Å². The van der Waals surface area contributed by atoms with Crippen molar-refractivity contribution in [1.29, 1.82) is 0 Å². The monoisotopic (exact) mass is 426 g/mol. The van der Waals surface area contributed by atoms with E-state index in [-0.39, 0.29) is 11.7 Å². The highest BCUT2D eigenvalue weighted by atomic mass is 35.5. The van der Waals surface area contributed by atoms with Crippen molar-refractivity contribution in [3.8, 4) is 0 Å². The molecular weight excluding hydrogens is 411 g/mol. The van der Waals surface area contributed by atoms with Gasteiger partial charge in [0.15, 0.2) is 0 Å². The number of amidine groups is 1. The van der Waals surface area contributed by atoms with Crippen LogP contribution in [-0.2, 0) is 4.79 Å². The average molecular weight is 427 g/mol. The fourth-order valence-corrected chi connectivity index (χ4v) is 3.79. The van der Waals surface area contributed by atoms with E-state index in [1.165, 1.54) is 17.0 Å². The van der Waals surface area contributed by atoms with E-state index in [0.717, 1.165) is 16.3 Å². The summed E-state index contributed by atoms with van der Waals surface area (Å²) in [6.45, 7) is 0. The summed E-state index contributed by atoms with van der Waals surface area (Å²) in [5.74, 6) is -0.161. The molecule has 5 heteroatoms. The fourth-order valence-electron chi connectivity index (χ4n) is 3.66. The molecule has 150 valence electrons. The lowest BCUT2D eigenvalue weighted by atomic mass is 10.0. The number of anilines is 1. The van der Waals surface area contributed by atoms with Crippen LogP contribution in [0.2, 0.25) is 5.02 Å². The average Bonchev–Trinajstić information content (AvgIpc) is 3.11. The molecule has 31 heavy (non-hydrogen) atoms. The molecule has 0 unspecified atom stereocenters. The zero-order valence-electron chi connectivity index (χ0n) is 16.3. The summed E-state index contributed by atoms with van der Waals surface area (Å²) in [6.07, 6.45) is 1.80. The van der Waals surface area contributed by atoms with Gasteiger partial charge in [0.1, 0.15) is 17.3 Å². The lowest BCUT2D eigenvalue weighted by Gasteiger charge is -2.18. The van der Waals surface area contributed by atoms with Crippen LogP contribution in [0.5, 0.6) is 0 Å². The Bertz CT molecular complexity index is 1350. The number of carbonyl (C=O) groups excluding carboxylic acids is 1. The van der Waals surface area contributed by atoms with Crippen LogP contribution in [0, 0.1) is 5.82 Å². The first-order valence-electron chi connectivity index (χ1n) is 9.74. The molecular formula is C26H16ClFN2O. The zero-order valence-corrected chi connectivity index (χ0v) is 17.1. The molecule has 0 saturated heterocycles. The van der Waals surface area contributed by atoms with Gasteiger partial charge in [-0.2, -0.15) is 0 Å². The number of fused-ring (bicyclic) bond motifs is 1. The number of hydrogen-bond acceptors (Lipinski definition) is 2. The SMILES string of the molecule is O=C1/C(=C\c2cccc3ccccc23)N=C(c2ccc(F)cc2)N1c1ccc(Cl)cc1. The highest BCUT2D eigenvalue weighted by Gasteiger charge is 2.32. The summed E-state index contributed by atoms with van der Waals surface area (Å²) in [4.78, 5) is 19.6. The fraction of sp³-hybridized carbons (Fsp3) is 0. The largest absolute Gasteiger partial charge is 0.282 e. The molecule has 0 saturated carbocycles. The van der Waals surface area contributed by atoms with Crippen LogP contribution in [0.25, 0.3) is 16.8 Å². The molecule has 4 aromatic rings. The second-order valence-electron chi connectivity index (χ2n) is 7.16. The minimum absolute atomic E-state index is 0.255. The van der Waals surface area contributed by atoms with Crippen LogP contribution in [0.1, 0.15) is 11.1 Å². The molecule has 1 heterocycles. The van der Waals surface area contributed by atoms with Crippen molar-refractivity contribution in [3.05, 3.63) is 119 Å². The number of benzene rings is 4. The Hall–Kier alpha value is -3.76. The van der Waals surface area contributed by atoms with Crippen molar-refractivity contribution >= 4 is 45.9 Å². The summed E-state index contributed by atoms with van der Waals surface area (Å²) in [6, 6.07) is 26.8. The number of hydrogen-bond donors (Lipinski definition) is 0. The molecule has 0 spiro atoms. The zero-order chi connectivity index (χ0) is 21.4. The second-order valence-corrected chi connectivity index (χ2v) is 7.59. The highest BCUT2D eigenvalue weighted by Crippen LogP contribution is 2.30. The summed E-state index contributed by atoms with van der Waals surface area (Å²) in [5.41, 5.74) is 2.50. The van der Waals surface area contributed by atoms with Gasteiger partial charge in [-0.25, -0.2) is 9.38 Å². The predicted molar refractivity (Wildman–Crippen MR) is 124 cm³/mol. The standard InChI is InChI=1S/C26H16ClFN2O/c27-20-10-14-22(15-11-20)30-25(18-8-12-21(28)13-9-18)29-24(26(30)31)16-19-6-3-5-17-4-1-2-7-23(17)19/h1-16H/b24-16+. The molecule has 0 aliphatic carbocycles. The number of aliphatic imine (C=N–C) groups is 1. The van der Waals surface area contributed by atoms with Crippen LogP contribution in [0.3, 0.4) is 0 Å². The molecule has 0 atom stereocenters. The third-order valence-corrected chi connectivity index (χ3v) is 5.42. The quantitative estimate of drug-likeness (QED) is 0.346. The number of carbonyl (C=O) groups is 1. The predicted octanol–water partition coefficient (Wildman–Crippen LogP) is 6.47. The molecule has 0 radical (unpaired) electrons. The molecule has 1 amide bonds. The van der Waals surface area contributed by atoms with Crippen molar-refractivity contribution in [3.63, 3.8) is 0 Å². The molecule has 5 rings (SSSR count). The second kappa shape index (κ2) is 7.82. The van der Waals surface area contributed by atoms with Crippen LogP contribution in [-0.4, -0.2) is 11.7 Å². The van der Waals surface area contributed by atoms with Gasteiger partial charge >= 0.3 is 0 Å². The minimum atomic E-state index is -0.349. The van der Waals surface area contributed by atoms with E-state index in [2.05, 4.69) is 4.99 Å². The summed E-state index contributed by atoms with van der Waals surface area (Å²) >= 11 is 6.03. The number of rotatable bonds is 3. The number of nitrogens with zero attached hydrogens (tertiary/aromatic N) is 2. The van der Waals surface area contributed by atoms with Gasteiger partial charge in [0.2, 0.25) is 0 Å². The van der Waals surface area contributed by atoms with Gasteiger partial charge < -0.3 is 0 Å². The highest BCUT2D eigenvalue weighted by molar-refractivity contribution is 6.34. The Kier molecular flexibility index (Phi) is 4.85. The van der Waals surface area contributed by atoms with E-state index < -0.39 is 0 Å².